The molecule has 3 heterocycles. The monoisotopic (exact) mass is 227 g/mol. The van der Waals surface area contributed by atoms with Gasteiger partial charge in [-0.2, -0.15) is 0 Å². The molecule has 3 aliphatic heterocycles. The molecule has 16 heavy (non-hydrogen) atoms. The summed E-state index contributed by atoms with van der Waals surface area (Å²) in [6.45, 7) is 4.27. The van der Waals surface area contributed by atoms with Gasteiger partial charge in [-0.1, -0.05) is 0 Å². The molecule has 1 atom stereocenters. The van der Waals surface area contributed by atoms with Gasteiger partial charge in [0.1, 0.15) is 0 Å². The molecule has 0 aromatic rings. The Morgan fingerprint density at radius 3 is 2.56 bits per heavy atom. The third-order valence-corrected chi connectivity index (χ3v) is 4.28. The predicted molar refractivity (Wildman–Crippen MR) is 59.3 cm³/mol. The SMILES string of the molecule is OC1CN(C2CCOC3(CCOCC3)C2)C1. The van der Waals surface area contributed by atoms with Gasteiger partial charge in [-0.3, -0.25) is 4.90 Å². The van der Waals surface area contributed by atoms with Crippen LogP contribution in [0.1, 0.15) is 25.7 Å². The number of nitrogens with zero attached hydrogens (tertiary/aromatic N) is 1. The van der Waals surface area contributed by atoms with Gasteiger partial charge >= 0.3 is 0 Å². The Kier molecular flexibility index (Phi) is 2.92. The molecule has 0 radical (unpaired) electrons. The zero-order chi connectivity index (χ0) is 11.0. The maximum atomic E-state index is 9.36. The molecule has 3 rings (SSSR count). The van der Waals surface area contributed by atoms with Gasteiger partial charge in [-0.25, -0.2) is 0 Å². The van der Waals surface area contributed by atoms with E-state index in [4.69, 9.17) is 9.47 Å². The van der Waals surface area contributed by atoms with Crippen LogP contribution in [0.4, 0.5) is 0 Å². The zero-order valence-electron chi connectivity index (χ0n) is 9.73. The summed E-state index contributed by atoms with van der Waals surface area (Å²) in [5, 5.41) is 9.36. The molecule has 0 aromatic carbocycles. The molecule has 0 aliphatic carbocycles. The van der Waals surface area contributed by atoms with Crippen LogP contribution in [-0.4, -0.2) is 60.7 Å². The minimum Gasteiger partial charge on any atom is -0.390 e. The lowest BCUT2D eigenvalue weighted by atomic mass is 9.82. The summed E-state index contributed by atoms with van der Waals surface area (Å²) in [5.74, 6) is 0. The first-order valence-electron chi connectivity index (χ1n) is 6.41. The molecule has 3 fully saturated rings. The van der Waals surface area contributed by atoms with Crippen LogP contribution in [0, 0.1) is 0 Å². The fourth-order valence-corrected chi connectivity index (χ4v) is 3.19. The molecule has 0 bridgehead atoms. The average molecular weight is 227 g/mol. The van der Waals surface area contributed by atoms with Gasteiger partial charge < -0.3 is 14.6 Å². The second-order valence-corrected chi connectivity index (χ2v) is 5.40. The third-order valence-electron chi connectivity index (χ3n) is 4.28. The molecule has 1 unspecified atom stereocenters. The van der Waals surface area contributed by atoms with Crippen LogP contribution in [0.2, 0.25) is 0 Å². The molecule has 4 nitrogen and oxygen atoms in total. The predicted octanol–water partition coefficient (Wildman–Crippen LogP) is 0.391. The zero-order valence-corrected chi connectivity index (χ0v) is 9.73. The van der Waals surface area contributed by atoms with Crippen molar-refractivity contribution >= 4 is 0 Å². The Hall–Kier alpha value is -0.160. The molecule has 0 aromatic heterocycles. The van der Waals surface area contributed by atoms with E-state index in [1.807, 2.05) is 0 Å². The van der Waals surface area contributed by atoms with Gasteiger partial charge in [0.2, 0.25) is 0 Å². The van der Waals surface area contributed by atoms with Crippen molar-refractivity contribution in [2.75, 3.05) is 32.9 Å². The third kappa shape index (κ3) is 1.99. The Morgan fingerprint density at radius 1 is 1.12 bits per heavy atom. The lowest BCUT2D eigenvalue weighted by molar-refractivity contribution is -0.163. The largest absolute Gasteiger partial charge is 0.390 e. The van der Waals surface area contributed by atoms with Crippen LogP contribution in [-0.2, 0) is 9.47 Å². The van der Waals surface area contributed by atoms with Gasteiger partial charge in [-0.15, -0.1) is 0 Å². The molecule has 0 saturated carbocycles. The normalized spacial score (nSPS) is 36.2. The van der Waals surface area contributed by atoms with Gasteiger partial charge in [0.25, 0.3) is 0 Å². The summed E-state index contributed by atoms with van der Waals surface area (Å²) < 4.78 is 11.4. The summed E-state index contributed by atoms with van der Waals surface area (Å²) >= 11 is 0. The number of hydrogen-bond donors (Lipinski definition) is 1. The average Bonchev–Trinajstić information content (AvgIpc) is 2.26. The van der Waals surface area contributed by atoms with E-state index in [-0.39, 0.29) is 11.7 Å². The van der Waals surface area contributed by atoms with E-state index in [0.29, 0.717) is 6.04 Å². The highest BCUT2D eigenvalue weighted by Crippen LogP contribution is 2.37. The highest BCUT2D eigenvalue weighted by molar-refractivity contribution is 4.95. The Bertz CT molecular complexity index is 241. The second-order valence-electron chi connectivity index (χ2n) is 5.40. The van der Waals surface area contributed by atoms with Gasteiger partial charge in [0.15, 0.2) is 0 Å². The fourth-order valence-electron chi connectivity index (χ4n) is 3.19. The van der Waals surface area contributed by atoms with Crippen LogP contribution in [0.25, 0.3) is 0 Å². The van der Waals surface area contributed by atoms with Gasteiger partial charge in [0, 0.05) is 39.0 Å². The fraction of sp³-hybridized carbons (Fsp3) is 1.00. The van der Waals surface area contributed by atoms with Crippen LogP contribution < -0.4 is 0 Å². The van der Waals surface area contributed by atoms with Crippen LogP contribution in [0.15, 0.2) is 0 Å². The molecule has 3 saturated heterocycles. The van der Waals surface area contributed by atoms with E-state index in [1.54, 1.807) is 0 Å². The first-order chi connectivity index (χ1) is 7.77. The lowest BCUT2D eigenvalue weighted by Crippen LogP contribution is -2.59. The van der Waals surface area contributed by atoms with Crippen LogP contribution >= 0.6 is 0 Å². The molecular weight excluding hydrogens is 206 g/mol. The highest BCUT2D eigenvalue weighted by atomic mass is 16.5. The maximum Gasteiger partial charge on any atom is 0.0794 e. The number of rotatable bonds is 1. The van der Waals surface area contributed by atoms with Crippen LogP contribution in [0.5, 0.6) is 0 Å². The van der Waals surface area contributed by atoms with Gasteiger partial charge in [0.05, 0.1) is 11.7 Å². The van der Waals surface area contributed by atoms with Crippen molar-refractivity contribution in [3.05, 3.63) is 0 Å². The molecule has 1 spiro atoms. The molecule has 1 N–H and O–H groups in total. The Balaban J connectivity index is 1.60. The summed E-state index contributed by atoms with van der Waals surface area (Å²) in [7, 11) is 0. The second kappa shape index (κ2) is 4.26. The summed E-state index contributed by atoms with van der Waals surface area (Å²) in [6, 6.07) is 0.621. The van der Waals surface area contributed by atoms with Crippen molar-refractivity contribution in [1.82, 2.24) is 4.90 Å². The smallest absolute Gasteiger partial charge is 0.0794 e. The van der Waals surface area contributed by atoms with Crippen molar-refractivity contribution in [1.29, 1.82) is 0 Å². The standard InChI is InChI=1S/C12H21NO3/c14-11-8-13(9-11)10-1-4-16-12(7-10)2-5-15-6-3-12/h10-11,14H,1-9H2. The summed E-state index contributed by atoms with van der Waals surface area (Å²) in [4.78, 5) is 2.41. The number of ether oxygens (including phenoxy) is 2. The van der Waals surface area contributed by atoms with Crippen LogP contribution in [0.3, 0.4) is 0 Å². The molecule has 4 heteroatoms. The first-order valence-corrected chi connectivity index (χ1v) is 6.41. The topological polar surface area (TPSA) is 41.9 Å². The number of aliphatic hydroxyl groups excluding tert-OH is 1. The van der Waals surface area contributed by atoms with E-state index in [1.165, 1.54) is 0 Å². The van der Waals surface area contributed by atoms with Gasteiger partial charge in [-0.05, 0) is 25.7 Å². The van der Waals surface area contributed by atoms with Crippen molar-refractivity contribution < 1.29 is 14.6 Å². The Morgan fingerprint density at radius 2 is 1.88 bits per heavy atom. The highest BCUT2D eigenvalue weighted by Gasteiger charge is 2.42. The molecule has 92 valence electrons. The maximum absolute atomic E-state index is 9.36. The lowest BCUT2D eigenvalue weighted by Gasteiger charge is -2.50. The number of likely N-dealkylation sites (tertiary alicyclic amines) is 1. The molecule has 3 aliphatic rings. The number of aliphatic hydroxyl groups is 1. The van der Waals surface area contributed by atoms with E-state index in [2.05, 4.69) is 4.90 Å². The number of hydrogen-bond acceptors (Lipinski definition) is 4. The van der Waals surface area contributed by atoms with Crippen molar-refractivity contribution in [2.45, 2.75) is 43.4 Å². The van der Waals surface area contributed by atoms with Crippen molar-refractivity contribution in [2.24, 2.45) is 0 Å². The first kappa shape index (κ1) is 11.0. The number of β-amino-alcohol motifs (C(OH)–C–C–N with tert-alkyl or cyclic N) is 1. The summed E-state index contributed by atoms with van der Waals surface area (Å²) in [5.41, 5.74) is 0.0850. The summed E-state index contributed by atoms with van der Waals surface area (Å²) in [6.07, 6.45) is 4.24. The molecular formula is C12H21NO3. The quantitative estimate of drug-likeness (QED) is 0.703. The van der Waals surface area contributed by atoms with Crippen molar-refractivity contribution in [3.8, 4) is 0 Å². The van der Waals surface area contributed by atoms with Crippen molar-refractivity contribution in [3.63, 3.8) is 0 Å². The van der Waals surface area contributed by atoms with E-state index >= 15 is 0 Å². The minimum atomic E-state index is -0.0894. The minimum absolute atomic E-state index is 0.0850. The van der Waals surface area contributed by atoms with E-state index in [0.717, 1.165) is 58.6 Å². The Labute approximate surface area is 96.5 Å². The van der Waals surface area contributed by atoms with E-state index < -0.39 is 0 Å². The van der Waals surface area contributed by atoms with E-state index in [9.17, 15) is 5.11 Å². The molecule has 0 amide bonds.